The summed E-state index contributed by atoms with van der Waals surface area (Å²) in [5, 5.41) is 9.41. The van der Waals surface area contributed by atoms with Crippen LogP contribution >= 0.6 is 0 Å². The normalized spacial score (nSPS) is 18.1. The van der Waals surface area contributed by atoms with Crippen molar-refractivity contribution in [2.45, 2.75) is 90.4 Å². The Hall–Kier alpha value is -2.51. The van der Waals surface area contributed by atoms with Crippen LogP contribution < -0.4 is 0 Å². The van der Waals surface area contributed by atoms with Gasteiger partial charge in [-0.2, -0.15) is 5.26 Å². The monoisotopic (exact) mass is 411 g/mol. The molecule has 0 heterocycles. The van der Waals surface area contributed by atoms with E-state index in [1.54, 1.807) is 0 Å². The second-order valence-corrected chi connectivity index (χ2v) is 9.10. The van der Waals surface area contributed by atoms with Crippen molar-refractivity contribution in [2.24, 2.45) is 5.92 Å². The molecule has 3 rings (SSSR count). The molecule has 2 aromatic rings. The first kappa shape index (κ1) is 23.2. The van der Waals surface area contributed by atoms with Gasteiger partial charge in [-0.25, -0.2) is 0 Å². The molecule has 1 heteroatoms. The average molecular weight is 412 g/mol. The van der Waals surface area contributed by atoms with E-state index in [1.165, 1.54) is 68.9 Å². The molecule has 0 unspecified atom stereocenters. The quantitative estimate of drug-likeness (QED) is 0.319. The number of rotatable bonds is 8. The van der Waals surface area contributed by atoms with Crippen LogP contribution in [0.25, 0.3) is 0 Å². The summed E-state index contributed by atoms with van der Waals surface area (Å²) >= 11 is 0. The van der Waals surface area contributed by atoms with Gasteiger partial charge in [-0.1, -0.05) is 81.7 Å². The molecule has 0 N–H and O–H groups in total. The lowest BCUT2D eigenvalue weighted by Gasteiger charge is -2.26. The highest BCUT2D eigenvalue weighted by molar-refractivity contribution is 5.46. The number of nitriles is 1. The molecule has 1 fully saturated rings. The molecule has 0 aliphatic heterocycles. The molecule has 31 heavy (non-hydrogen) atoms. The summed E-state index contributed by atoms with van der Waals surface area (Å²) in [6, 6.07) is 17.9. The molecular formula is C30H37N. The van der Waals surface area contributed by atoms with Crippen molar-refractivity contribution < 1.29 is 0 Å². The summed E-state index contributed by atoms with van der Waals surface area (Å²) in [5.41, 5.74) is 5.90. The van der Waals surface area contributed by atoms with Crippen molar-refractivity contribution >= 4 is 0 Å². The van der Waals surface area contributed by atoms with Gasteiger partial charge in [0.1, 0.15) is 0 Å². The number of benzene rings is 2. The minimum absolute atomic E-state index is 0.481. The highest BCUT2D eigenvalue weighted by Gasteiger charge is 2.21. The predicted molar refractivity (Wildman–Crippen MR) is 131 cm³/mol. The first-order chi connectivity index (χ1) is 15.2. The Bertz CT molecular complexity index is 912. The molecule has 1 saturated carbocycles. The number of unbranched alkanes of at least 4 members (excludes halogenated alkanes) is 3. The molecule has 1 nitrogen and oxygen atoms in total. The third-order valence-corrected chi connectivity index (χ3v) is 6.67. The Labute approximate surface area is 189 Å². The zero-order chi connectivity index (χ0) is 21.9. The van der Waals surface area contributed by atoms with Gasteiger partial charge in [-0.3, -0.25) is 0 Å². The summed E-state index contributed by atoms with van der Waals surface area (Å²) in [6.45, 7) is 4.42. The first-order valence-corrected chi connectivity index (χ1v) is 12.4. The number of nitrogens with zero attached hydrogens (tertiary/aromatic N) is 1. The summed E-state index contributed by atoms with van der Waals surface area (Å²) in [6.07, 6.45) is 13.4. The van der Waals surface area contributed by atoms with Gasteiger partial charge in [-0.15, -0.1) is 0 Å². The van der Waals surface area contributed by atoms with E-state index >= 15 is 0 Å². The zero-order valence-corrected chi connectivity index (χ0v) is 19.4. The number of hydrogen-bond donors (Lipinski definition) is 0. The zero-order valence-electron chi connectivity index (χ0n) is 19.4. The minimum atomic E-state index is 0.481. The van der Waals surface area contributed by atoms with Crippen LogP contribution in [0, 0.1) is 29.1 Å². The highest BCUT2D eigenvalue weighted by Crippen LogP contribution is 2.35. The Morgan fingerprint density at radius 1 is 0.839 bits per heavy atom. The molecule has 1 aliphatic rings. The molecule has 0 radical (unpaired) electrons. The van der Waals surface area contributed by atoms with Crippen LogP contribution in [-0.2, 0) is 12.8 Å². The van der Waals surface area contributed by atoms with Gasteiger partial charge in [0.2, 0.25) is 0 Å². The topological polar surface area (TPSA) is 23.8 Å². The molecule has 0 saturated heterocycles. The van der Waals surface area contributed by atoms with Gasteiger partial charge >= 0.3 is 0 Å². The number of hydrogen-bond acceptors (Lipinski definition) is 1. The Kier molecular flexibility index (Phi) is 9.24. The van der Waals surface area contributed by atoms with Crippen LogP contribution in [0.5, 0.6) is 0 Å². The molecule has 0 aromatic heterocycles. The lowest BCUT2D eigenvalue weighted by Crippen LogP contribution is -2.12. The van der Waals surface area contributed by atoms with E-state index in [0.29, 0.717) is 11.8 Å². The van der Waals surface area contributed by atoms with E-state index in [0.717, 1.165) is 29.5 Å². The van der Waals surface area contributed by atoms with Gasteiger partial charge in [0.25, 0.3) is 0 Å². The lowest BCUT2D eigenvalue weighted by molar-refractivity contribution is 0.384. The van der Waals surface area contributed by atoms with Crippen molar-refractivity contribution in [2.75, 3.05) is 0 Å². The van der Waals surface area contributed by atoms with E-state index in [4.69, 9.17) is 0 Å². The minimum Gasteiger partial charge on any atom is -0.192 e. The van der Waals surface area contributed by atoms with E-state index in [-0.39, 0.29) is 0 Å². The average Bonchev–Trinajstić information content (AvgIpc) is 2.82. The lowest BCUT2D eigenvalue weighted by atomic mass is 9.78. The highest BCUT2D eigenvalue weighted by atomic mass is 14.3. The maximum atomic E-state index is 9.41. The van der Waals surface area contributed by atoms with Crippen LogP contribution in [0.3, 0.4) is 0 Å². The second-order valence-electron chi connectivity index (χ2n) is 9.10. The smallest absolute Gasteiger partial charge is 0.0994 e. The molecule has 0 atom stereocenters. The molecule has 2 aromatic carbocycles. The van der Waals surface area contributed by atoms with Gasteiger partial charge in [0.15, 0.2) is 0 Å². The Morgan fingerprint density at radius 3 is 2.29 bits per heavy atom. The first-order valence-electron chi connectivity index (χ1n) is 12.4. The summed E-state index contributed by atoms with van der Waals surface area (Å²) in [4.78, 5) is 0. The molecule has 162 valence electrons. The molecule has 0 spiro atoms. The predicted octanol–water partition coefficient (Wildman–Crippen LogP) is 7.96. The van der Waals surface area contributed by atoms with Crippen molar-refractivity contribution in [3.8, 4) is 17.9 Å². The fourth-order valence-corrected chi connectivity index (χ4v) is 4.71. The maximum absolute atomic E-state index is 9.41. The van der Waals surface area contributed by atoms with Gasteiger partial charge in [0.05, 0.1) is 11.6 Å². The molecule has 0 amide bonds. The van der Waals surface area contributed by atoms with Crippen molar-refractivity contribution in [3.63, 3.8) is 0 Å². The Balaban J connectivity index is 1.51. The molecular weight excluding hydrogens is 374 g/mol. The molecule has 1 aliphatic carbocycles. The summed E-state index contributed by atoms with van der Waals surface area (Å²) in [7, 11) is 0. The van der Waals surface area contributed by atoms with Gasteiger partial charge in [-0.05, 0) is 79.7 Å². The van der Waals surface area contributed by atoms with Crippen molar-refractivity contribution in [1.29, 1.82) is 5.26 Å². The fourth-order valence-electron chi connectivity index (χ4n) is 4.71. The molecule has 0 bridgehead atoms. The van der Waals surface area contributed by atoms with Gasteiger partial charge < -0.3 is 0 Å². The second kappa shape index (κ2) is 12.4. The SMILES string of the molecule is CCCCCCc1ccc(C2CCC(C#Cc3ccc(CCC)c(C#N)c3)CC2)cc1. The van der Waals surface area contributed by atoms with E-state index in [1.807, 2.05) is 6.07 Å². The van der Waals surface area contributed by atoms with E-state index in [9.17, 15) is 5.26 Å². The van der Waals surface area contributed by atoms with Crippen LogP contribution in [0.2, 0.25) is 0 Å². The third-order valence-electron chi connectivity index (χ3n) is 6.67. The van der Waals surface area contributed by atoms with Crippen LogP contribution in [0.1, 0.15) is 105 Å². The number of aryl methyl sites for hydroxylation is 2. The summed E-state index contributed by atoms with van der Waals surface area (Å²) < 4.78 is 0. The van der Waals surface area contributed by atoms with Gasteiger partial charge in [0, 0.05) is 11.5 Å². The third kappa shape index (κ3) is 7.01. The standard InChI is InChI=1S/C30H37N/c1-3-5-6-7-9-24-12-17-28(18-13-24)29-19-14-25(15-20-29)10-11-26-16-21-27(8-4-2)30(22-26)23-31/h12-13,16-18,21-22,25,29H,3-9,14-15,19-20H2,1-2H3. The summed E-state index contributed by atoms with van der Waals surface area (Å²) in [5.74, 6) is 8.01. The van der Waals surface area contributed by atoms with E-state index < -0.39 is 0 Å². The van der Waals surface area contributed by atoms with Crippen molar-refractivity contribution in [1.82, 2.24) is 0 Å². The van der Waals surface area contributed by atoms with Crippen LogP contribution in [0.4, 0.5) is 0 Å². The van der Waals surface area contributed by atoms with Crippen LogP contribution in [0.15, 0.2) is 42.5 Å². The Morgan fingerprint density at radius 2 is 1.61 bits per heavy atom. The van der Waals surface area contributed by atoms with E-state index in [2.05, 4.69) is 68.2 Å². The largest absolute Gasteiger partial charge is 0.192 e. The fraction of sp³-hybridized carbons (Fsp3) is 0.500. The van der Waals surface area contributed by atoms with Crippen LogP contribution in [-0.4, -0.2) is 0 Å². The van der Waals surface area contributed by atoms with Crippen molar-refractivity contribution in [3.05, 3.63) is 70.3 Å². The maximum Gasteiger partial charge on any atom is 0.0994 e.